The van der Waals surface area contributed by atoms with Gasteiger partial charge in [-0.05, 0) is 41.3 Å². The fourth-order valence-corrected chi connectivity index (χ4v) is 4.86. The Morgan fingerprint density at radius 2 is 1.82 bits per heavy atom. The van der Waals surface area contributed by atoms with Crippen LogP contribution in [0.4, 0.5) is 17.1 Å². The van der Waals surface area contributed by atoms with Crippen LogP contribution in [0.5, 0.6) is 0 Å². The van der Waals surface area contributed by atoms with Crippen LogP contribution in [0.15, 0.2) is 65.7 Å². The number of sulfonamides is 1. The van der Waals surface area contributed by atoms with Gasteiger partial charge in [-0.1, -0.05) is 56.6 Å². The SMILES string of the molecule is CC(C)(C)c1ccc(S(=O)(=O)Nc2cc(Cl)cnc2C(=O)N2CCNc3ccccc32)cc1. The third-order valence-electron chi connectivity index (χ3n) is 5.42. The lowest BCUT2D eigenvalue weighted by Gasteiger charge is -2.30. The van der Waals surface area contributed by atoms with Crippen molar-refractivity contribution in [2.75, 3.05) is 28.0 Å². The maximum atomic E-state index is 13.4. The smallest absolute Gasteiger partial charge is 0.279 e. The third kappa shape index (κ3) is 4.82. The molecule has 0 saturated heterocycles. The minimum Gasteiger partial charge on any atom is -0.382 e. The third-order valence-corrected chi connectivity index (χ3v) is 7.01. The van der Waals surface area contributed by atoms with E-state index in [2.05, 4.69) is 35.8 Å². The quantitative estimate of drug-likeness (QED) is 0.549. The van der Waals surface area contributed by atoms with E-state index >= 15 is 0 Å². The summed E-state index contributed by atoms with van der Waals surface area (Å²) in [6.45, 7) is 7.15. The van der Waals surface area contributed by atoms with Gasteiger partial charge in [0.05, 0.1) is 27.0 Å². The minimum absolute atomic E-state index is 0.0222. The average Bonchev–Trinajstić information content (AvgIpc) is 2.77. The number of pyridine rings is 1. The van der Waals surface area contributed by atoms with Crippen molar-refractivity contribution >= 4 is 44.6 Å². The van der Waals surface area contributed by atoms with E-state index in [4.69, 9.17) is 11.6 Å². The molecule has 3 aromatic rings. The molecule has 1 aliphatic heterocycles. The lowest BCUT2D eigenvalue weighted by Crippen LogP contribution is -2.39. The molecule has 7 nitrogen and oxygen atoms in total. The molecule has 0 fully saturated rings. The normalized spacial score (nSPS) is 13.8. The van der Waals surface area contributed by atoms with Crippen LogP contribution < -0.4 is 14.9 Å². The van der Waals surface area contributed by atoms with Crippen molar-refractivity contribution in [3.8, 4) is 0 Å². The number of halogens is 1. The van der Waals surface area contributed by atoms with E-state index in [1.807, 2.05) is 24.3 Å². The lowest BCUT2D eigenvalue weighted by atomic mass is 9.87. The Hall–Kier alpha value is -3.10. The summed E-state index contributed by atoms with van der Waals surface area (Å²) in [6.07, 6.45) is 1.33. The summed E-state index contributed by atoms with van der Waals surface area (Å²) in [5, 5.41) is 3.47. The maximum absolute atomic E-state index is 13.4. The molecule has 1 aromatic heterocycles. The molecule has 2 heterocycles. The predicted molar refractivity (Wildman–Crippen MR) is 132 cm³/mol. The van der Waals surface area contributed by atoms with E-state index in [0.717, 1.165) is 11.3 Å². The van der Waals surface area contributed by atoms with Crippen LogP contribution in [0, 0.1) is 0 Å². The number of nitrogens with one attached hydrogen (secondary N) is 2. The largest absolute Gasteiger partial charge is 0.382 e. The molecule has 0 saturated carbocycles. The molecular weight excluding hydrogens is 460 g/mol. The second kappa shape index (κ2) is 8.68. The van der Waals surface area contributed by atoms with Crippen LogP contribution >= 0.6 is 11.6 Å². The molecule has 0 spiro atoms. The predicted octanol–water partition coefficient (Wildman–Crippen LogP) is 4.91. The van der Waals surface area contributed by atoms with Gasteiger partial charge in [-0.15, -0.1) is 0 Å². The Morgan fingerprint density at radius 3 is 2.52 bits per heavy atom. The summed E-state index contributed by atoms with van der Waals surface area (Å²) in [4.78, 5) is 19.3. The van der Waals surface area contributed by atoms with Crippen molar-refractivity contribution in [2.45, 2.75) is 31.1 Å². The van der Waals surface area contributed by atoms with Gasteiger partial charge in [0.15, 0.2) is 5.69 Å². The fraction of sp³-hybridized carbons (Fsp3) is 0.250. The Kier molecular flexibility index (Phi) is 6.07. The van der Waals surface area contributed by atoms with Crippen molar-refractivity contribution in [2.24, 2.45) is 0 Å². The maximum Gasteiger partial charge on any atom is 0.279 e. The van der Waals surface area contributed by atoms with Crippen LogP contribution in [0.2, 0.25) is 5.02 Å². The second-order valence-electron chi connectivity index (χ2n) is 8.83. The molecule has 172 valence electrons. The molecule has 2 aromatic carbocycles. The Bertz CT molecular complexity index is 1300. The Morgan fingerprint density at radius 1 is 1.12 bits per heavy atom. The van der Waals surface area contributed by atoms with Gasteiger partial charge >= 0.3 is 0 Å². The summed E-state index contributed by atoms with van der Waals surface area (Å²) in [5.41, 5.74) is 2.45. The van der Waals surface area contributed by atoms with Gasteiger partial charge < -0.3 is 10.2 Å². The summed E-state index contributed by atoms with van der Waals surface area (Å²) >= 11 is 6.10. The number of amides is 1. The first-order chi connectivity index (χ1) is 15.6. The summed E-state index contributed by atoms with van der Waals surface area (Å²) < 4.78 is 28.7. The van der Waals surface area contributed by atoms with E-state index in [1.165, 1.54) is 12.3 Å². The molecule has 0 atom stereocenters. The van der Waals surface area contributed by atoms with Gasteiger partial charge in [0, 0.05) is 19.3 Å². The molecule has 9 heteroatoms. The summed E-state index contributed by atoms with van der Waals surface area (Å²) in [6, 6.07) is 15.5. The van der Waals surface area contributed by atoms with Gasteiger partial charge in [-0.25, -0.2) is 13.4 Å². The molecular formula is C24H25ClN4O3S. The lowest BCUT2D eigenvalue weighted by molar-refractivity contribution is 0.0983. The number of rotatable bonds is 4. The first-order valence-electron chi connectivity index (χ1n) is 10.5. The zero-order valence-corrected chi connectivity index (χ0v) is 20.2. The number of benzene rings is 2. The number of nitrogens with zero attached hydrogens (tertiary/aromatic N) is 2. The van der Waals surface area contributed by atoms with Crippen LogP contribution in [0.3, 0.4) is 0 Å². The number of carbonyl (C=O) groups is 1. The molecule has 1 amide bonds. The van der Waals surface area contributed by atoms with Gasteiger partial charge in [0.2, 0.25) is 0 Å². The summed E-state index contributed by atoms with van der Waals surface area (Å²) in [5.74, 6) is -0.415. The van der Waals surface area contributed by atoms with E-state index in [-0.39, 0.29) is 26.7 Å². The van der Waals surface area contributed by atoms with Crippen LogP contribution in [-0.4, -0.2) is 32.4 Å². The number of hydrogen-bond donors (Lipinski definition) is 2. The highest BCUT2D eigenvalue weighted by atomic mass is 35.5. The standard InChI is InChI=1S/C24H25ClN4O3S/c1-24(2,3)16-8-10-18(11-9-16)33(31,32)28-20-14-17(25)15-27-22(20)23(30)29-13-12-26-19-6-4-5-7-21(19)29/h4-11,14-15,26,28H,12-13H2,1-3H3. The minimum atomic E-state index is -3.97. The van der Waals surface area contributed by atoms with Crippen LogP contribution in [0.25, 0.3) is 0 Å². The van der Waals surface area contributed by atoms with Crippen LogP contribution in [-0.2, 0) is 15.4 Å². The number of hydrogen-bond acceptors (Lipinski definition) is 5. The van der Waals surface area contributed by atoms with Crippen LogP contribution in [0.1, 0.15) is 36.8 Å². The highest BCUT2D eigenvalue weighted by Crippen LogP contribution is 2.32. The molecule has 4 rings (SSSR count). The van der Waals surface area contributed by atoms with Gasteiger partial charge in [-0.3, -0.25) is 9.52 Å². The van der Waals surface area contributed by atoms with Crippen molar-refractivity contribution < 1.29 is 13.2 Å². The number of anilines is 3. The zero-order valence-electron chi connectivity index (χ0n) is 18.6. The highest BCUT2D eigenvalue weighted by molar-refractivity contribution is 7.92. The summed E-state index contributed by atoms with van der Waals surface area (Å²) in [7, 11) is -3.97. The van der Waals surface area contributed by atoms with Crippen molar-refractivity contribution in [3.63, 3.8) is 0 Å². The van der Waals surface area contributed by atoms with Crippen molar-refractivity contribution in [1.29, 1.82) is 0 Å². The highest BCUT2D eigenvalue weighted by Gasteiger charge is 2.28. The molecule has 2 N–H and O–H groups in total. The Labute approximate surface area is 198 Å². The van der Waals surface area contributed by atoms with Gasteiger partial charge in [0.25, 0.3) is 15.9 Å². The Balaban J connectivity index is 1.68. The van der Waals surface area contributed by atoms with E-state index in [9.17, 15) is 13.2 Å². The molecule has 0 bridgehead atoms. The fourth-order valence-electron chi connectivity index (χ4n) is 3.65. The number of fused-ring (bicyclic) bond motifs is 1. The number of para-hydroxylation sites is 2. The number of carbonyl (C=O) groups excluding carboxylic acids is 1. The molecule has 33 heavy (non-hydrogen) atoms. The van der Waals surface area contributed by atoms with E-state index in [0.29, 0.717) is 18.8 Å². The molecule has 0 aliphatic carbocycles. The van der Waals surface area contributed by atoms with E-state index < -0.39 is 15.9 Å². The molecule has 1 aliphatic rings. The number of aromatic nitrogens is 1. The first kappa shape index (κ1) is 23.1. The molecule has 0 radical (unpaired) electrons. The van der Waals surface area contributed by atoms with Crippen molar-refractivity contribution in [1.82, 2.24) is 4.98 Å². The molecule has 0 unspecified atom stereocenters. The topological polar surface area (TPSA) is 91.4 Å². The average molecular weight is 485 g/mol. The van der Waals surface area contributed by atoms with Gasteiger partial charge in [-0.2, -0.15) is 0 Å². The van der Waals surface area contributed by atoms with Crippen molar-refractivity contribution in [3.05, 3.63) is 77.1 Å². The van der Waals surface area contributed by atoms with E-state index in [1.54, 1.807) is 29.2 Å². The second-order valence-corrected chi connectivity index (χ2v) is 10.9. The van der Waals surface area contributed by atoms with Gasteiger partial charge in [0.1, 0.15) is 0 Å². The zero-order chi connectivity index (χ0) is 23.8. The first-order valence-corrected chi connectivity index (χ1v) is 12.4. The monoisotopic (exact) mass is 484 g/mol.